The average Bonchev–Trinajstić information content (AvgIpc) is 2.68. The van der Waals surface area contributed by atoms with Gasteiger partial charge in [0.2, 0.25) is 0 Å². The number of benzene rings is 3. The molecule has 4 aromatic rings. The third kappa shape index (κ3) is 3.63. The number of hydrogen-bond acceptors (Lipinski definition) is 4. The minimum absolute atomic E-state index is 0.00603. The van der Waals surface area contributed by atoms with Crippen LogP contribution < -0.4 is 5.43 Å². The number of sulfone groups is 1. The summed E-state index contributed by atoms with van der Waals surface area (Å²) in [6.45, 7) is 4.04. The Labute approximate surface area is 174 Å². The van der Waals surface area contributed by atoms with Crippen molar-refractivity contribution in [3.05, 3.63) is 88.1 Å². The Morgan fingerprint density at radius 3 is 2.21 bits per heavy atom. The molecular formula is C24H20O3S2. The highest BCUT2D eigenvalue weighted by Crippen LogP contribution is 2.38. The van der Waals surface area contributed by atoms with Crippen molar-refractivity contribution < 1.29 is 8.42 Å². The molecular weight excluding hydrogens is 400 g/mol. The summed E-state index contributed by atoms with van der Waals surface area (Å²) in [7, 11) is -3.28. The Kier molecular flexibility index (Phi) is 4.89. The van der Waals surface area contributed by atoms with E-state index in [1.54, 1.807) is 35.6 Å². The molecule has 0 aliphatic carbocycles. The molecule has 0 spiro atoms. The van der Waals surface area contributed by atoms with E-state index in [2.05, 4.69) is 6.07 Å². The van der Waals surface area contributed by atoms with Gasteiger partial charge in [-0.3, -0.25) is 4.79 Å². The number of rotatable bonds is 3. The Bertz CT molecular complexity index is 1400. The highest BCUT2D eigenvalue weighted by atomic mass is 32.2. The highest BCUT2D eigenvalue weighted by molar-refractivity contribution is 7.90. The molecule has 0 aliphatic rings. The molecule has 5 heteroatoms. The zero-order valence-corrected chi connectivity index (χ0v) is 18.0. The van der Waals surface area contributed by atoms with Gasteiger partial charge in [0.15, 0.2) is 15.3 Å². The molecule has 3 nitrogen and oxygen atoms in total. The molecule has 0 saturated carbocycles. The largest absolute Gasteiger partial charge is 0.288 e. The van der Waals surface area contributed by atoms with Crippen LogP contribution in [0.15, 0.2) is 76.4 Å². The Morgan fingerprint density at radius 1 is 0.862 bits per heavy atom. The lowest BCUT2D eigenvalue weighted by atomic mass is 9.95. The minimum Gasteiger partial charge on any atom is -0.288 e. The predicted molar refractivity (Wildman–Crippen MR) is 122 cm³/mol. The first-order valence-electron chi connectivity index (χ1n) is 9.19. The maximum Gasteiger partial charge on any atom is 0.196 e. The molecule has 1 heterocycles. The second-order valence-corrected chi connectivity index (χ2v) is 10.3. The molecule has 4 rings (SSSR count). The summed E-state index contributed by atoms with van der Waals surface area (Å²) in [5.41, 5.74) is 4.58. The Balaban J connectivity index is 2.06. The summed E-state index contributed by atoms with van der Waals surface area (Å²) >= 11 is 1.55. The van der Waals surface area contributed by atoms with Gasteiger partial charge < -0.3 is 0 Å². The fraction of sp³-hybridized carbons (Fsp3) is 0.125. The molecule has 0 bridgehead atoms. The van der Waals surface area contributed by atoms with E-state index >= 15 is 0 Å². The zero-order chi connectivity index (χ0) is 20.8. The first-order chi connectivity index (χ1) is 13.8. The van der Waals surface area contributed by atoms with Crippen molar-refractivity contribution in [2.45, 2.75) is 18.7 Å². The molecule has 0 radical (unpaired) electrons. The van der Waals surface area contributed by atoms with Crippen LogP contribution in [0.2, 0.25) is 0 Å². The monoisotopic (exact) mass is 420 g/mol. The lowest BCUT2D eigenvalue weighted by molar-refractivity contribution is 0.602. The molecule has 0 saturated heterocycles. The lowest BCUT2D eigenvalue weighted by Gasteiger charge is -2.14. The van der Waals surface area contributed by atoms with Gasteiger partial charge in [-0.1, -0.05) is 48.0 Å². The van der Waals surface area contributed by atoms with Gasteiger partial charge in [0.05, 0.1) is 4.90 Å². The van der Waals surface area contributed by atoms with E-state index in [1.807, 2.05) is 50.2 Å². The van der Waals surface area contributed by atoms with Gasteiger partial charge >= 0.3 is 0 Å². The van der Waals surface area contributed by atoms with Crippen molar-refractivity contribution in [2.75, 3.05) is 6.26 Å². The molecule has 0 unspecified atom stereocenters. The van der Waals surface area contributed by atoms with Crippen LogP contribution in [0, 0.1) is 13.8 Å². The maximum absolute atomic E-state index is 13.5. The Hall–Kier alpha value is -2.76. The smallest absolute Gasteiger partial charge is 0.196 e. The van der Waals surface area contributed by atoms with Crippen LogP contribution in [0.25, 0.3) is 31.7 Å². The second-order valence-electron chi connectivity index (χ2n) is 7.25. The minimum atomic E-state index is -3.28. The molecule has 0 N–H and O–H groups in total. The maximum atomic E-state index is 13.5. The number of fused-ring (bicyclic) bond motifs is 1. The second kappa shape index (κ2) is 7.25. The SMILES string of the molecule is Cc1ccc(-c2c(-c3ccc(S(C)(=O)=O)cc3)sc3ccccc3c2=O)c(C)c1. The van der Waals surface area contributed by atoms with E-state index in [0.717, 1.165) is 31.8 Å². The van der Waals surface area contributed by atoms with Crippen molar-refractivity contribution in [2.24, 2.45) is 0 Å². The van der Waals surface area contributed by atoms with Crippen molar-refractivity contribution >= 4 is 31.3 Å². The molecule has 29 heavy (non-hydrogen) atoms. The first-order valence-corrected chi connectivity index (χ1v) is 11.9. The quantitative estimate of drug-likeness (QED) is 0.432. The van der Waals surface area contributed by atoms with Crippen LogP contribution in [-0.4, -0.2) is 14.7 Å². The molecule has 0 fully saturated rings. The number of hydrogen-bond donors (Lipinski definition) is 0. The average molecular weight is 421 g/mol. The fourth-order valence-electron chi connectivity index (χ4n) is 3.54. The van der Waals surface area contributed by atoms with Gasteiger partial charge in [-0.05, 0) is 54.8 Å². The van der Waals surface area contributed by atoms with Gasteiger partial charge in [0.1, 0.15) is 0 Å². The summed E-state index contributed by atoms with van der Waals surface area (Å²) in [4.78, 5) is 14.6. The topological polar surface area (TPSA) is 51.2 Å². The van der Waals surface area contributed by atoms with E-state index in [-0.39, 0.29) is 10.3 Å². The molecule has 3 aromatic carbocycles. The summed E-state index contributed by atoms with van der Waals surface area (Å²) in [5.74, 6) is 0. The Morgan fingerprint density at radius 2 is 1.55 bits per heavy atom. The van der Waals surface area contributed by atoms with Crippen LogP contribution in [-0.2, 0) is 9.84 Å². The van der Waals surface area contributed by atoms with E-state index in [1.165, 1.54) is 6.26 Å². The third-order valence-corrected chi connectivity index (χ3v) is 7.34. The van der Waals surface area contributed by atoms with Crippen molar-refractivity contribution in [1.29, 1.82) is 0 Å². The van der Waals surface area contributed by atoms with Crippen LogP contribution >= 0.6 is 11.3 Å². The van der Waals surface area contributed by atoms with Crippen molar-refractivity contribution in [3.8, 4) is 21.6 Å². The van der Waals surface area contributed by atoms with Crippen LogP contribution in [0.4, 0.5) is 0 Å². The van der Waals surface area contributed by atoms with Crippen molar-refractivity contribution in [1.82, 2.24) is 0 Å². The van der Waals surface area contributed by atoms with E-state index in [0.29, 0.717) is 10.9 Å². The van der Waals surface area contributed by atoms with Gasteiger partial charge in [-0.15, -0.1) is 11.3 Å². The van der Waals surface area contributed by atoms with Gasteiger partial charge in [-0.2, -0.15) is 0 Å². The van der Waals surface area contributed by atoms with E-state index in [4.69, 9.17) is 0 Å². The number of aryl methyl sites for hydroxylation is 2. The molecule has 0 atom stereocenters. The first kappa shape index (κ1) is 19.6. The molecule has 1 aromatic heterocycles. The van der Waals surface area contributed by atoms with Crippen LogP contribution in [0.3, 0.4) is 0 Å². The summed E-state index contributed by atoms with van der Waals surface area (Å²) in [6, 6.07) is 20.5. The fourth-order valence-corrected chi connectivity index (χ4v) is 5.36. The molecule has 146 valence electrons. The summed E-state index contributed by atoms with van der Waals surface area (Å²) in [5, 5.41) is 0.698. The van der Waals surface area contributed by atoms with Crippen LogP contribution in [0.1, 0.15) is 11.1 Å². The lowest BCUT2D eigenvalue weighted by Crippen LogP contribution is -2.07. The van der Waals surface area contributed by atoms with Crippen molar-refractivity contribution in [3.63, 3.8) is 0 Å². The standard InChI is InChI=1S/C24H20O3S2/c1-15-8-13-19(16(2)14-15)22-23(25)20-6-4-5-7-21(20)28-24(22)17-9-11-18(12-10-17)29(3,26)27/h4-14H,1-3H3. The van der Waals surface area contributed by atoms with Crippen LogP contribution in [0.5, 0.6) is 0 Å². The molecule has 0 amide bonds. The summed E-state index contributed by atoms with van der Waals surface area (Å²) in [6.07, 6.45) is 1.19. The van der Waals surface area contributed by atoms with Gasteiger partial charge in [0.25, 0.3) is 0 Å². The summed E-state index contributed by atoms with van der Waals surface area (Å²) < 4.78 is 24.6. The highest BCUT2D eigenvalue weighted by Gasteiger charge is 2.18. The predicted octanol–water partition coefficient (Wildman–Crippen LogP) is 5.62. The van der Waals surface area contributed by atoms with E-state index in [9.17, 15) is 13.2 Å². The normalized spacial score (nSPS) is 11.7. The zero-order valence-electron chi connectivity index (χ0n) is 16.4. The van der Waals surface area contributed by atoms with E-state index < -0.39 is 9.84 Å². The van der Waals surface area contributed by atoms with Gasteiger partial charge in [0, 0.05) is 26.8 Å². The van der Waals surface area contributed by atoms with Gasteiger partial charge in [-0.25, -0.2) is 8.42 Å². The third-order valence-electron chi connectivity index (χ3n) is 4.99. The molecule has 0 aliphatic heterocycles.